The monoisotopic (exact) mass is 229 g/mol. The van der Waals surface area contributed by atoms with Crippen molar-refractivity contribution in [1.29, 1.82) is 0 Å². The summed E-state index contributed by atoms with van der Waals surface area (Å²) in [6.07, 6.45) is 2.52. The largest absolute Gasteiger partial charge is 0.330 e. The number of rotatable bonds is 9. The summed E-state index contributed by atoms with van der Waals surface area (Å²) in [4.78, 5) is 4.82. The van der Waals surface area contributed by atoms with E-state index in [4.69, 9.17) is 5.73 Å². The molecule has 0 rings (SSSR count). The van der Waals surface area contributed by atoms with Gasteiger partial charge in [-0.1, -0.05) is 13.8 Å². The summed E-state index contributed by atoms with van der Waals surface area (Å²) >= 11 is 0. The first-order valence-electron chi connectivity index (χ1n) is 6.60. The second-order valence-corrected chi connectivity index (χ2v) is 5.22. The average molecular weight is 229 g/mol. The minimum Gasteiger partial charge on any atom is -0.330 e. The van der Waals surface area contributed by atoms with Crippen molar-refractivity contribution in [3.05, 3.63) is 0 Å². The van der Waals surface area contributed by atoms with E-state index in [1.54, 1.807) is 0 Å². The van der Waals surface area contributed by atoms with Gasteiger partial charge in [0.2, 0.25) is 0 Å². The van der Waals surface area contributed by atoms with Crippen molar-refractivity contribution in [1.82, 2.24) is 9.80 Å². The van der Waals surface area contributed by atoms with E-state index in [0.717, 1.165) is 19.6 Å². The lowest BCUT2D eigenvalue weighted by molar-refractivity contribution is 0.176. The van der Waals surface area contributed by atoms with Crippen LogP contribution >= 0.6 is 0 Å². The molecule has 0 spiro atoms. The maximum absolute atomic E-state index is 5.63. The highest BCUT2D eigenvalue weighted by atomic mass is 15.2. The Morgan fingerprint density at radius 3 is 2.25 bits per heavy atom. The van der Waals surface area contributed by atoms with Gasteiger partial charge < -0.3 is 10.6 Å². The summed E-state index contributed by atoms with van der Waals surface area (Å²) in [6.45, 7) is 11.1. The highest BCUT2D eigenvalue weighted by molar-refractivity contribution is 4.69. The molecule has 0 saturated carbocycles. The Balaban J connectivity index is 3.81. The van der Waals surface area contributed by atoms with Gasteiger partial charge in [-0.2, -0.15) is 0 Å². The van der Waals surface area contributed by atoms with E-state index in [1.807, 2.05) is 0 Å². The van der Waals surface area contributed by atoms with E-state index in [0.29, 0.717) is 12.0 Å². The van der Waals surface area contributed by atoms with Gasteiger partial charge in [0, 0.05) is 12.6 Å². The molecule has 0 aromatic rings. The van der Waals surface area contributed by atoms with Gasteiger partial charge in [-0.3, -0.25) is 4.90 Å². The van der Waals surface area contributed by atoms with Crippen molar-refractivity contribution in [2.24, 2.45) is 11.7 Å². The Bertz CT molecular complexity index is 159. The Labute approximate surface area is 102 Å². The molecule has 3 nitrogen and oxygen atoms in total. The van der Waals surface area contributed by atoms with Gasteiger partial charge in [0.1, 0.15) is 0 Å². The normalized spacial score (nSPS) is 15.8. The molecule has 0 fully saturated rings. The van der Waals surface area contributed by atoms with Crippen LogP contribution in [0.2, 0.25) is 0 Å². The van der Waals surface area contributed by atoms with Gasteiger partial charge in [-0.15, -0.1) is 0 Å². The van der Waals surface area contributed by atoms with Gasteiger partial charge in [0.05, 0.1) is 0 Å². The Morgan fingerprint density at radius 1 is 1.19 bits per heavy atom. The van der Waals surface area contributed by atoms with Gasteiger partial charge in [0.15, 0.2) is 0 Å². The molecule has 0 aliphatic carbocycles. The van der Waals surface area contributed by atoms with Crippen LogP contribution in [0.3, 0.4) is 0 Å². The number of likely N-dealkylation sites (N-methyl/N-ethyl adjacent to an activating group) is 2. The van der Waals surface area contributed by atoms with Crippen LogP contribution in [0.4, 0.5) is 0 Å². The first-order chi connectivity index (χ1) is 7.51. The van der Waals surface area contributed by atoms with E-state index in [-0.39, 0.29) is 0 Å². The van der Waals surface area contributed by atoms with Crippen molar-refractivity contribution >= 4 is 0 Å². The van der Waals surface area contributed by atoms with Crippen LogP contribution in [-0.4, -0.2) is 56.1 Å². The summed E-state index contributed by atoms with van der Waals surface area (Å²) in [6, 6.07) is 0.646. The summed E-state index contributed by atoms with van der Waals surface area (Å²) in [7, 11) is 4.28. The van der Waals surface area contributed by atoms with Gasteiger partial charge in [-0.05, 0) is 59.4 Å². The quantitative estimate of drug-likeness (QED) is 0.652. The molecule has 0 aromatic carbocycles. The lowest BCUT2D eigenvalue weighted by atomic mass is 10.1. The number of hydrogen-bond donors (Lipinski definition) is 1. The molecule has 0 aromatic heterocycles. The summed E-state index contributed by atoms with van der Waals surface area (Å²) in [5, 5.41) is 0. The molecule has 0 saturated heterocycles. The molecule has 0 aliphatic rings. The summed E-state index contributed by atoms with van der Waals surface area (Å²) in [5.41, 5.74) is 5.63. The standard InChI is InChI=1S/C13H31N3/c1-6-16(13(3)11-15(4)5)9-7-8-12(2)10-14/h12-13H,6-11,14H2,1-5H3. The molecule has 0 amide bonds. The van der Waals surface area contributed by atoms with Crippen LogP contribution in [0.15, 0.2) is 0 Å². The molecule has 0 bridgehead atoms. The van der Waals surface area contributed by atoms with Crippen LogP contribution in [0.5, 0.6) is 0 Å². The van der Waals surface area contributed by atoms with Gasteiger partial charge >= 0.3 is 0 Å². The minimum absolute atomic E-state index is 0.646. The zero-order valence-corrected chi connectivity index (χ0v) is 11.9. The Kier molecular flexibility index (Phi) is 8.90. The molecular weight excluding hydrogens is 198 g/mol. The van der Waals surface area contributed by atoms with Gasteiger partial charge in [0.25, 0.3) is 0 Å². The molecular formula is C13H31N3. The fraction of sp³-hybridized carbons (Fsp3) is 1.00. The zero-order valence-electron chi connectivity index (χ0n) is 11.9. The maximum Gasteiger partial charge on any atom is 0.0194 e. The van der Waals surface area contributed by atoms with Crippen molar-refractivity contribution in [3.63, 3.8) is 0 Å². The SMILES string of the molecule is CCN(CCCC(C)CN)C(C)CN(C)C. The topological polar surface area (TPSA) is 32.5 Å². The van der Waals surface area contributed by atoms with Crippen LogP contribution in [0, 0.1) is 5.92 Å². The lowest BCUT2D eigenvalue weighted by Crippen LogP contribution is -2.40. The number of hydrogen-bond acceptors (Lipinski definition) is 3. The highest BCUT2D eigenvalue weighted by Crippen LogP contribution is 2.07. The fourth-order valence-electron chi connectivity index (χ4n) is 2.09. The third-order valence-corrected chi connectivity index (χ3v) is 3.20. The molecule has 16 heavy (non-hydrogen) atoms. The maximum atomic E-state index is 5.63. The second-order valence-electron chi connectivity index (χ2n) is 5.22. The summed E-state index contributed by atoms with van der Waals surface area (Å²) < 4.78 is 0. The van der Waals surface area contributed by atoms with Crippen molar-refractivity contribution < 1.29 is 0 Å². The average Bonchev–Trinajstić information content (AvgIpc) is 2.22. The molecule has 0 aliphatic heterocycles. The molecule has 0 radical (unpaired) electrons. The molecule has 3 heteroatoms. The van der Waals surface area contributed by atoms with Crippen molar-refractivity contribution in [3.8, 4) is 0 Å². The smallest absolute Gasteiger partial charge is 0.0194 e. The Hall–Kier alpha value is -0.120. The van der Waals surface area contributed by atoms with Crippen LogP contribution in [-0.2, 0) is 0 Å². The predicted octanol–water partition coefficient (Wildman–Crippen LogP) is 1.63. The number of nitrogens with zero attached hydrogens (tertiary/aromatic N) is 2. The van der Waals surface area contributed by atoms with Crippen LogP contribution in [0.1, 0.15) is 33.6 Å². The fourth-order valence-corrected chi connectivity index (χ4v) is 2.09. The molecule has 2 N–H and O–H groups in total. The van der Waals surface area contributed by atoms with E-state index in [1.165, 1.54) is 19.4 Å². The van der Waals surface area contributed by atoms with Gasteiger partial charge in [-0.25, -0.2) is 0 Å². The van der Waals surface area contributed by atoms with Crippen LogP contribution < -0.4 is 5.73 Å². The van der Waals surface area contributed by atoms with E-state index in [2.05, 4.69) is 44.7 Å². The first-order valence-corrected chi connectivity index (χ1v) is 6.60. The third-order valence-electron chi connectivity index (χ3n) is 3.20. The Morgan fingerprint density at radius 2 is 1.81 bits per heavy atom. The summed E-state index contributed by atoms with van der Waals surface area (Å²) in [5.74, 6) is 0.669. The van der Waals surface area contributed by atoms with E-state index < -0.39 is 0 Å². The molecule has 0 heterocycles. The first kappa shape index (κ1) is 15.9. The molecule has 2 unspecified atom stereocenters. The van der Waals surface area contributed by atoms with Crippen molar-refractivity contribution in [2.45, 2.75) is 39.7 Å². The van der Waals surface area contributed by atoms with Crippen LogP contribution in [0.25, 0.3) is 0 Å². The third kappa shape index (κ3) is 7.20. The predicted molar refractivity (Wildman–Crippen MR) is 72.7 cm³/mol. The number of nitrogens with two attached hydrogens (primary N) is 1. The van der Waals surface area contributed by atoms with Crippen molar-refractivity contribution in [2.75, 3.05) is 40.3 Å². The van der Waals surface area contributed by atoms with E-state index >= 15 is 0 Å². The minimum atomic E-state index is 0.646. The molecule has 2 atom stereocenters. The molecule has 98 valence electrons. The lowest BCUT2D eigenvalue weighted by Gasteiger charge is -2.30. The highest BCUT2D eigenvalue weighted by Gasteiger charge is 2.12. The zero-order chi connectivity index (χ0) is 12.6. The second kappa shape index (κ2) is 8.97. The van der Waals surface area contributed by atoms with E-state index in [9.17, 15) is 0 Å².